The van der Waals surface area contributed by atoms with Crippen molar-refractivity contribution in [2.75, 3.05) is 6.54 Å². The van der Waals surface area contributed by atoms with E-state index in [1.165, 1.54) is 16.7 Å². The second-order valence-corrected chi connectivity index (χ2v) is 7.14. The second-order valence-electron chi connectivity index (χ2n) is 5.90. The van der Waals surface area contributed by atoms with Gasteiger partial charge in [-0.05, 0) is 26.0 Å². The monoisotopic (exact) mass is 373 g/mol. The lowest BCUT2D eigenvalue weighted by Crippen LogP contribution is -2.31. The van der Waals surface area contributed by atoms with Crippen molar-refractivity contribution in [2.45, 2.75) is 37.0 Å². The fourth-order valence-electron chi connectivity index (χ4n) is 2.75. The number of hydrogen-bond acceptors (Lipinski definition) is 6. The number of rotatable bonds is 6. The van der Waals surface area contributed by atoms with Crippen LogP contribution in [0, 0.1) is 6.92 Å². The maximum Gasteiger partial charge on any atom is 0.252 e. The molecule has 1 aromatic carbocycles. The summed E-state index contributed by atoms with van der Waals surface area (Å²) in [6, 6.07) is 8.80. The predicted octanol–water partition coefficient (Wildman–Crippen LogP) is 2.15. The minimum Gasteiger partial charge on any atom is -0.359 e. The van der Waals surface area contributed by atoms with Gasteiger partial charge in [-0.25, -0.2) is 0 Å². The Morgan fingerprint density at radius 2 is 2.15 bits per heavy atom. The summed E-state index contributed by atoms with van der Waals surface area (Å²) < 4.78 is 5.08. The minimum atomic E-state index is -0.492. The van der Waals surface area contributed by atoms with E-state index in [-0.39, 0.29) is 30.7 Å². The van der Waals surface area contributed by atoms with Crippen LogP contribution in [0.5, 0.6) is 0 Å². The summed E-state index contributed by atoms with van der Waals surface area (Å²) in [7, 11) is 0. The molecule has 136 valence electrons. The van der Waals surface area contributed by atoms with Crippen molar-refractivity contribution in [1.82, 2.24) is 15.4 Å². The highest BCUT2D eigenvalue weighted by atomic mass is 32.2. The average molecular weight is 373 g/mol. The molecule has 3 amide bonds. The highest BCUT2D eigenvalue weighted by Gasteiger charge is 2.38. The van der Waals surface area contributed by atoms with Crippen molar-refractivity contribution < 1.29 is 18.9 Å². The van der Waals surface area contributed by atoms with Crippen molar-refractivity contribution in [3.8, 4) is 0 Å². The third-order valence-corrected chi connectivity index (χ3v) is 5.28. The van der Waals surface area contributed by atoms with Gasteiger partial charge in [0.25, 0.3) is 5.91 Å². The fourth-order valence-corrected chi connectivity index (χ4v) is 3.95. The Morgan fingerprint density at radius 1 is 1.38 bits per heavy atom. The molecule has 1 N–H and O–H groups in total. The lowest BCUT2D eigenvalue weighted by atomic mass is 10.2. The molecule has 0 spiro atoms. The van der Waals surface area contributed by atoms with E-state index in [4.69, 9.17) is 4.52 Å². The lowest BCUT2D eigenvalue weighted by Gasteiger charge is -2.13. The Morgan fingerprint density at radius 3 is 2.81 bits per heavy atom. The zero-order chi connectivity index (χ0) is 18.7. The van der Waals surface area contributed by atoms with Gasteiger partial charge in [-0.2, -0.15) is 0 Å². The Hall–Kier alpha value is -2.61. The Kier molecular flexibility index (Phi) is 5.41. The molecule has 1 aliphatic heterocycles. The number of carbonyl (C=O) groups is 3. The number of thioether (sulfide) groups is 1. The molecule has 26 heavy (non-hydrogen) atoms. The van der Waals surface area contributed by atoms with Gasteiger partial charge in [-0.15, -0.1) is 11.8 Å². The molecule has 1 saturated heterocycles. The first kappa shape index (κ1) is 18.2. The molecule has 0 unspecified atom stereocenters. The predicted molar refractivity (Wildman–Crippen MR) is 95.5 cm³/mol. The molecule has 1 fully saturated rings. The number of amides is 3. The first-order valence-electron chi connectivity index (χ1n) is 8.30. The SMILES string of the molecule is CCN1C(=O)C[C@H](Sc2ccccc2C(=O)NCc2cc(C)no2)C1=O. The van der Waals surface area contributed by atoms with E-state index in [0.29, 0.717) is 22.8 Å². The zero-order valence-electron chi connectivity index (χ0n) is 14.5. The van der Waals surface area contributed by atoms with Crippen LogP contribution in [0.15, 0.2) is 39.8 Å². The van der Waals surface area contributed by atoms with Crippen LogP contribution in [0.3, 0.4) is 0 Å². The Balaban J connectivity index is 1.71. The van der Waals surface area contributed by atoms with Gasteiger partial charge in [0.1, 0.15) is 0 Å². The maximum atomic E-state index is 12.5. The highest BCUT2D eigenvalue weighted by Crippen LogP contribution is 2.33. The van der Waals surface area contributed by atoms with Gasteiger partial charge in [-0.3, -0.25) is 19.3 Å². The summed E-state index contributed by atoms with van der Waals surface area (Å²) in [4.78, 5) is 38.7. The highest BCUT2D eigenvalue weighted by molar-refractivity contribution is 8.00. The van der Waals surface area contributed by atoms with Gasteiger partial charge < -0.3 is 9.84 Å². The van der Waals surface area contributed by atoms with E-state index >= 15 is 0 Å². The molecule has 3 rings (SSSR count). The molecular weight excluding hydrogens is 354 g/mol. The number of nitrogens with one attached hydrogen (secondary N) is 1. The van der Waals surface area contributed by atoms with Crippen LogP contribution in [0.2, 0.25) is 0 Å². The van der Waals surface area contributed by atoms with E-state index in [0.717, 1.165) is 5.69 Å². The molecule has 7 nitrogen and oxygen atoms in total. The number of nitrogens with zero attached hydrogens (tertiary/aromatic N) is 2. The van der Waals surface area contributed by atoms with E-state index in [1.807, 2.05) is 0 Å². The third-order valence-electron chi connectivity index (χ3n) is 4.02. The summed E-state index contributed by atoms with van der Waals surface area (Å²) in [5.74, 6) is -0.0742. The third kappa shape index (κ3) is 3.80. The normalized spacial score (nSPS) is 17.0. The Labute approximate surface area is 155 Å². The number of likely N-dealkylation sites (tertiary alicyclic amines) is 1. The van der Waals surface area contributed by atoms with Crippen LogP contribution in [-0.4, -0.2) is 39.6 Å². The number of imide groups is 1. The van der Waals surface area contributed by atoms with E-state index in [1.54, 1.807) is 44.2 Å². The van der Waals surface area contributed by atoms with Crippen LogP contribution in [0.4, 0.5) is 0 Å². The topological polar surface area (TPSA) is 92.5 Å². The van der Waals surface area contributed by atoms with Crippen LogP contribution in [-0.2, 0) is 16.1 Å². The van der Waals surface area contributed by atoms with Crippen molar-refractivity contribution in [3.05, 3.63) is 47.3 Å². The lowest BCUT2D eigenvalue weighted by molar-refractivity contribution is -0.137. The molecule has 0 radical (unpaired) electrons. The smallest absolute Gasteiger partial charge is 0.252 e. The molecule has 1 aromatic heterocycles. The van der Waals surface area contributed by atoms with E-state index in [2.05, 4.69) is 10.5 Å². The van der Waals surface area contributed by atoms with Gasteiger partial charge in [0, 0.05) is 23.9 Å². The number of hydrogen-bond donors (Lipinski definition) is 1. The van der Waals surface area contributed by atoms with E-state index in [9.17, 15) is 14.4 Å². The molecular formula is C18H19N3O4S. The summed E-state index contributed by atoms with van der Waals surface area (Å²) >= 11 is 1.25. The molecule has 0 saturated carbocycles. The number of aryl methyl sites for hydroxylation is 1. The van der Waals surface area contributed by atoms with Gasteiger partial charge in [0.2, 0.25) is 11.8 Å². The number of carbonyl (C=O) groups excluding carboxylic acids is 3. The first-order chi connectivity index (χ1) is 12.5. The zero-order valence-corrected chi connectivity index (χ0v) is 15.3. The molecule has 0 bridgehead atoms. The molecule has 2 heterocycles. The van der Waals surface area contributed by atoms with Crippen molar-refractivity contribution in [2.24, 2.45) is 0 Å². The van der Waals surface area contributed by atoms with Crippen LogP contribution in [0.25, 0.3) is 0 Å². The molecule has 1 atom stereocenters. The van der Waals surface area contributed by atoms with E-state index < -0.39 is 5.25 Å². The fraction of sp³-hybridized carbons (Fsp3) is 0.333. The second kappa shape index (κ2) is 7.74. The van der Waals surface area contributed by atoms with Crippen LogP contribution >= 0.6 is 11.8 Å². The summed E-state index contributed by atoms with van der Waals surface area (Å²) in [6.45, 7) is 4.17. The summed E-state index contributed by atoms with van der Waals surface area (Å²) in [5.41, 5.74) is 1.21. The Bertz CT molecular complexity index is 848. The maximum absolute atomic E-state index is 12.5. The minimum absolute atomic E-state index is 0.157. The van der Waals surface area contributed by atoms with Crippen molar-refractivity contribution in [3.63, 3.8) is 0 Å². The molecule has 8 heteroatoms. The molecule has 2 aromatic rings. The van der Waals surface area contributed by atoms with Gasteiger partial charge in [-0.1, -0.05) is 17.3 Å². The number of benzene rings is 1. The number of aromatic nitrogens is 1. The largest absolute Gasteiger partial charge is 0.359 e. The van der Waals surface area contributed by atoms with Gasteiger partial charge in [0.05, 0.1) is 23.1 Å². The summed E-state index contributed by atoms with van der Waals surface area (Å²) in [6.07, 6.45) is 0.157. The molecule has 0 aliphatic carbocycles. The van der Waals surface area contributed by atoms with Gasteiger partial charge >= 0.3 is 0 Å². The summed E-state index contributed by atoms with van der Waals surface area (Å²) in [5, 5.41) is 6.07. The van der Waals surface area contributed by atoms with Crippen LogP contribution < -0.4 is 5.32 Å². The molecule has 1 aliphatic rings. The first-order valence-corrected chi connectivity index (χ1v) is 9.17. The quantitative estimate of drug-likeness (QED) is 0.780. The van der Waals surface area contributed by atoms with Crippen LogP contribution in [0.1, 0.15) is 35.2 Å². The van der Waals surface area contributed by atoms with Crippen molar-refractivity contribution in [1.29, 1.82) is 0 Å². The van der Waals surface area contributed by atoms with Crippen molar-refractivity contribution >= 4 is 29.5 Å². The van der Waals surface area contributed by atoms with Gasteiger partial charge in [0.15, 0.2) is 5.76 Å². The average Bonchev–Trinajstić information content (AvgIpc) is 3.16. The standard InChI is InChI=1S/C18H19N3O4S/c1-3-21-16(22)9-15(18(21)24)26-14-7-5-4-6-13(14)17(23)19-10-12-8-11(2)20-25-12/h4-8,15H,3,9-10H2,1-2H3,(H,19,23)/t15-/m0/s1.